The fourth-order valence-corrected chi connectivity index (χ4v) is 4.28. The Morgan fingerprint density at radius 2 is 1.90 bits per heavy atom. The summed E-state index contributed by atoms with van der Waals surface area (Å²) in [6.45, 7) is 0. The van der Waals surface area contributed by atoms with Gasteiger partial charge < -0.3 is 15.2 Å². The van der Waals surface area contributed by atoms with Crippen molar-refractivity contribution in [1.82, 2.24) is 15.2 Å². The molecule has 3 aromatic rings. The highest BCUT2D eigenvalue weighted by Gasteiger charge is 2.53. The lowest BCUT2D eigenvalue weighted by atomic mass is 9.73. The zero-order valence-electron chi connectivity index (χ0n) is 16.4. The Balaban J connectivity index is 1.28. The molecular weight excluding hydrogens is 403 g/mol. The Labute approximate surface area is 176 Å². The maximum Gasteiger partial charge on any atom is 0.339 e. The molecule has 31 heavy (non-hydrogen) atoms. The maximum absolute atomic E-state index is 13.1. The number of halogens is 1. The number of carbonyl (C=O) groups excluding carboxylic acids is 2. The normalized spacial score (nSPS) is 24.6. The van der Waals surface area contributed by atoms with Crippen LogP contribution in [-0.4, -0.2) is 37.8 Å². The van der Waals surface area contributed by atoms with Gasteiger partial charge in [0.1, 0.15) is 17.0 Å². The number of rotatable bonds is 3. The molecule has 0 saturated heterocycles. The third-order valence-corrected chi connectivity index (χ3v) is 6.10. The molecule has 1 aromatic carbocycles. The summed E-state index contributed by atoms with van der Waals surface area (Å²) >= 11 is 0. The lowest BCUT2D eigenvalue weighted by Crippen LogP contribution is -2.49. The number of benzene rings is 1. The molecule has 5 rings (SSSR count). The van der Waals surface area contributed by atoms with Crippen molar-refractivity contribution in [3.05, 3.63) is 65.7 Å². The molecular formula is C22H19FN4O4. The van der Waals surface area contributed by atoms with Crippen LogP contribution in [0.5, 0.6) is 0 Å². The Bertz CT molecular complexity index is 1170. The van der Waals surface area contributed by atoms with E-state index in [0.29, 0.717) is 35.2 Å². The summed E-state index contributed by atoms with van der Waals surface area (Å²) in [4.78, 5) is 29.1. The van der Waals surface area contributed by atoms with Gasteiger partial charge >= 0.3 is 5.97 Å². The quantitative estimate of drug-likeness (QED) is 0.559. The van der Waals surface area contributed by atoms with Crippen LogP contribution >= 0.6 is 0 Å². The van der Waals surface area contributed by atoms with Gasteiger partial charge in [-0.2, -0.15) is 5.10 Å². The van der Waals surface area contributed by atoms with Crippen molar-refractivity contribution >= 4 is 17.7 Å². The van der Waals surface area contributed by atoms with E-state index in [2.05, 4.69) is 20.5 Å². The molecule has 0 atom stereocenters. The third-order valence-electron chi connectivity index (χ3n) is 6.10. The third kappa shape index (κ3) is 3.27. The highest BCUT2D eigenvalue weighted by Crippen LogP contribution is 2.49. The van der Waals surface area contributed by atoms with Gasteiger partial charge in [-0.1, -0.05) is 0 Å². The highest BCUT2D eigenvalue weighted by atomic mass is 19.1. The maximum atomic E-state index is 13.1. The molecule has 1 aliphatic heterocycles. The average Bonchev–Trinajstić information content (AvgIpc) is 3.34. The van der Waals surface area contributed by atoms with Crippen LogP contribution in [0.2, 0.25) is 0 Å². The number of aliphatic hydroxyl groups is 1. The van der Waals surface area contributed by atoms with Crippen LogP contribution < -0.4 is 5.32 Å². The average molecular weight is 422 g/mol. The minimum Gasteiger partial charge on any atom is -0.450 e. The second-order valence-electron chi connectivity index (χ2n) is 7.96. The number of anilines is 1. The van der Waals surface area contributed by atoms with Crippen LogP contribution in [0.3, 0.4) is 0 Å². The van der Waals surface area contributed by atoms with Gasteiger partial charge in [-0.05, 0) is 61.6 Å². The molecule has 1 saturated carbocycles. The number of esters is 1. The number of hydrogen-bond acceptors (Lipinski definition) is 6. The molecule has 1 fully saturated rings. The van der Waals surface area contributed by atoms with Crippen molar-refractivity contribution in [2.45, 2.75) is 36.9 Å². The molecule has 3 heterocycles. The fourth-order valence-electron chi connectivity index (χ4n) is 4.28. The number of fused-ring (bicyclic) bond motifs is 2. The van der Waals surface area contributed by atoms with Gasteiger partial charge in [-0.15, -0.1) is 0 Å². The van der Waals surface area contributed by atoms with Crippen LogP contribution in [0.1, 0.15) is 41.6 Å². The number of ether oxygens (including phenoxy) is 1. The molecule has 1 spiro atoms. The summed E-state index contributed by atoms with van der Waals surface area (Å²) in [5.41, 5.74) is 0.0377. The van der Waals surface area contributed by atoms with Crippen LogP contribution in [0.25, 0.3) is 11.3 Å². The Morgan fingerprint density at radius 1 is 1.16 bits per heavy atom. The fraction of sp³-hybridized carbons (Fsp3) is 0.273. The molecule has 0 unspecified atom stereocenters. The van der Waals surface area contributed by atoms with E-state index >= 15 is 0 Å². The van der Waals surface area contributed by atoms with E-state index in [-0.39, 0.29) is 24.5 Å². The van der Waals surface area contributed by atoms with Crippen molar-refractivity contribution in [1.29, 1.82) is 0 Å². The lowest BCUT2D eigenvalue weighted by molar-refractivity contribution is -0.144. The monoisotopic (exact) mass is 422 g/mol. The van der Waals surface area contributed by atoms with E-state index in [1.165, 1.54) is 18.3 Å². The zero-order chi connectivity index (χ0) is 21.6. The molecule has 8 nitrogen and oxygen atoms in total. The van der Waals surface area contributed by atoms with E-state index in [1.54, 1.807) is 30.5 Å². The molecule has 2 aliphatic rings. The Morgan fingerprint density at radius 3 is 2.65 bits per heavy atom. The van der Waals surface area contributed by atoms with E-state index in [1.807, 2.05) is 0 Å². The van der Waals surface area contributed by atoms with Crippen molar-refractivity contribution in [2.24, 2.45) is 0 Å². The van der Waals surface area contributed by atoms with Crippen LogP contribution in [-0.2, 0) is 15.1 Å². The van der Waals surface area contributed by atoms with Crippen molar-refractivity contribution < 1.29 is 23.8 Å². The number of aromatic amines is 1. The zero-order valence-corrected chi connectivity index (χ0v) is 16.4. The van der Waals surface area contributed by atoms with Crippen LogP contribution in [0.4, 0.5) is 10.2 Å². The number of nitrogens with zero attached hydrogens (tertiary/aromatic N) is 2. The Hall–Kier alpha value is -3.59. The molecule has 0 radical (unpaired) electrons. The molecule has 9 heteroatoms. The van der Waals surface area contributed by atoms with Gasteiger partial charge in [-0.25, -0.2) is 9.18 Å². The number of pyridine rings is 1. The minimum absolute atomic E-state index is 0.121. The summed E-state index contributed by atoms with van der Waals surface area (Å²) in [7, 11) is 0. The summed E-state index contributed by atoms with van der Waals surface area (Å²) < 4.78 is 18.7. The predicted molar refractivity (Wildman–Crippen MR) is 107 cm³/mol. The van der Waals surface area contributed by atoms with Crippen molar-refractivity contribution in [2.75, 3.05) is 5.32 Å². The molecule has 0 bridgehead atoms. The lowest BCUT2D eigenvalue weighted by Gasteiger charge is -2.40. The van der Waals surface area contributed by atoms with Gasteiger partial charge in [0, 0.05) is 24.0 Å². The second kappa shape index (κ2) is 6.98. The summed E-state index contributed by atoms with van der Waals surface area (Å²) in [5.74, 6) is -1.08. The summed E-state index contributed by atoms with van der Waals surface area (Å²) in [6, 6.07) is 9.09. The SMILES string of the molecule is O=C1O[C@]2(CC[C@](O)(C(=O)Nc3cc(-c4ccc(F)cc4)[nH]n3)CC2)c2cnccc21. The van der Waals surface area contributed by atoms with E-state index < -0.39 is 23.1 Å². The van der Waals surface area contributed by atoms with Crippen molar-refractivity contribution in [3.8, 4) is 11.3 Å². The van der Waals surface area contributed by atoms with E-state index in [0.717, 1.165) is 0 Å². The van der Waals surface area contributed by atoms with Crippen molar-refractivity contribution in [3.63, 3.8) is 0 Å². The standard InChI is InChI=1S/C22H19FN4O4/c23-14-3-1-13(2-4-14)17-11-18(27-26-17)25-20(29)21(30)6-8-22(9-7-21)16-12-24-10-5-15(16)19(28)31-22/h1-5,10-12,30H,6-9H2,(H2,25,26,27,29)/t21-,22+. The van der Waals surface area contributed by atoms with Crippen LogP contribution in [0, 0.1) is 5.82 Å². The first-order valence-corrected chi connectivity index (χ1v) is 9.92. The molecule has 1 amide bonds. The number of hydrogen-bond donors (Lipinski definition) is 3. The number of nitrogens with one attached hydrogen (secondary N) is 2. The molecule has 158 valence electrons. The highest BCUT2D eigenvalue weighted by molar-refractivity contribution is 5.97. The predicted octanol–water partition coefficient (Wildman–Crippen LogP) is 2.92. The second-order valence-corrected chi connectivity index (χ2v) is 7.96. The first-order chi connectivity index (χ1) is 14.9. The van der Waals surface area contributed by atoms with Gasteiger partial charge in [0.25, 0.3) is 5.91 Å². The van der Waals surface area contributed by atoms with Gasteiger partial charge in [0.2, 0.25) is 0 Å². The smallest absolute Gasteiger partial charge is 0.339 e. The van der Waals surface area contributed by atoms with Gasteiger partial charge in [0.15, 0.2) is 5.82 Å². The number of amides is 1. The first-order valence-electron chi connectivity index (χ1n) is 9.92. The summed E-state index contributed by atoms with van der Waals surface area (Å²) in [6.07, 6.45) is 4.01. The van der Waals surface area contributed by atoms with E-state index in [9.17, 15) is 19.1 Å². The van der Waals surface area contributed by atoms with Crippen LogP contribution in [0.15, 0.2) is 48.8 Å². The largest absolute Gasteiger partial charge is 0.450 e. The minimum atomic E-state index is -1.61. The van der Waals surface area contributed by atoms with Gasteiger partial charge in [-0.3, -0.25) is 14.9 Å². The first kappa shape index (κ1) is 19.4. The number of carbonyl (C=O) groups is 2. The molecule has 2 aromatic heterocycles. The number of aromatic nitrogens is 3. The summed E-state index contributed by atoms with van der Waals surface area (Å²) in [5, 5.41) is 20.4. The molecule has 1 aliphatic carbocycles. The van der Waals surface area contributed by atoms with E-state index in [4.69, 9.17) is 4.74 Å². The molecule has 3 N–H and O–H groups in total. The topological polar surface area (TPSA) is 117 Å². The Kier molecular flexibility index (Phi) is 4.37. The van der Waals surface area contributed by atoms with Gasteiger partial charge in [0.05, 0.1) is 11.3 Å². The number of H-pyrrole nitrogens is 1.